The Labute approximate surface area is 257 Å². The lowest BCUT2D eigenvalue weighted by molar-refractivity contribution is 1.18. The van der Waals surface area contributed by atoms with Gasteiger partial charge in [0, 0.05) is 17.3 Å². The summed E-state index contributed by atoms with van der Waals surface area (Å²) in [5.41, 5.74) is 10.3. The predicted octanol–water partition coefficient (Wildman–Crippen LogP) is 11.1. The Morgan fingerprint density at radius 2 is 0.795 bits per heavy atom. The van der Waals surface area contributed by atoms with Crippen molar-refractivity contribution in [3.63, 3.8) is 0 Å². The molecule has 206 valence electrons. The fraction of sp³-hybridized carbons (Fsp3) is 0. The molecule has 8 aromatic rings. The Hall–Kier alpha value is -5.86. The van der Waals surface area contributed by atoms with Crippen molar-refractivity contribution < 1.29 is 0 Å². The van der Waals surface area contributed by atoms with E-state index in [-0.39, 0.29) is 0 Å². The van der Waals surface area contributed by atoms with Crippen LogP contribution in [0.15, 0.2) is 170 Å². The third-order valence-electron chi connectivity index (χ3n) is 8.35. The zero-order valence-electron chi connectivity index (χ0n) is 24.1. The van der Waals surface area contributed by atoms with E-state index in [0.29, 0.717) is 0 Å². The molecule has 0 unspecified atom stereocenters. The molecule has 0 saturated heterocycles. The molecule has 0 bridgehead atoms. The van der Waals surface area contributed by atoms with E-state index in [4.69, 9.17) is 4.98 Å². The van der Waals surface area contributed by atoms with E-state index in [9.17, 15) is 0 Å². The van der Waals surface area contributed by atoms with Crippen molar-refractivity contribution >= 4 is 21.5 Å². The summed E-state index contributed by atoms with van der Waals surface area (Å²) in [6.45, 7) is 0. The van der Waals surface area contributed by atoms with Gasteiger partial charge in [0.1, 0.15) is 0 Å². The van der Waals surface area contributed by atoms with Crippen LogP contribution in [0.1, 0.15) is 0 Å². The van der Waals surface area contributed by atoms with Crippen LogP contribution < -0.4 is 0 Å². The van der Waals surface area contributed by atoms with Crippen molar-refractivity contribution in [1.29, 1.82) is 0 Å². The summed E-state index contributed by atoms with van der Waals surface area (Å²) in [5, 5.41) is 5.02. The first-order valence-electron chi connectivity index (χ1n) is 14.9. The van der Waals surface area contributed by atoms with E-state index >= 15 is 0 Å². The molecule has 0 aliphatic heterocycles. The van der Waals surface area contributed by atoms with E-state index in [1.54, 1.807) is 0 Å². The number of benzene rings is 7. The Bertz CT molecular complexity index is 2240. The lowest BCUT2D eigenvalue weighted by Crippen LogP contribution is -1.92. The highest BCUT2D eigenvalue weighted by molar-refractivity contribution is 6.21. The van der Waals surface area contributed by atoms with Crippen LogP contribution in [0.4, 0.5) is 0 Å². The monoisotopic (exact) mass is 560 g/mol. The molecule has 0 spiro atoms. The van der Waals surface area contributed by atoms with Crippen molar-refractivity contribution in [2.24, 2.45) is 0 Å². The minimum Gasteiger partial charge on any atom is -0.237 e. The molecule has 7 aromatic carbocycles. The molecule has 0 saturated carbocycles. The first-order chi connectivity index (χ1) is 21.8. The highest BCUT2D eigenvalue weighted by Gasteiger charge is 2.17. The van der Waals surface area contributed by atoms with Gasteiger partial charge in [-0.3, -0.25) is 0 Å². The van der Waals surface area contributed by atoms with Crippen LogP contribution in [0.5, 0.6) is 0 Å². The number of hydrogen-bond acceptors (Lipinski definition) is 2. The molecule has 2 heteroatoms. The summed E-state index contributed by atoms with van der Waals surface area (Å²) >= 11 is 0. The van der Waals surface area contributed by atoms with Crippen LogP contribution in [-0.2, 0) is 0 Å². The molecule has 0 radical (unpaired) electrons. The summed E-state index contributed by atoms with van der Waals surface area (Å²) in [4.78, 5) is 9.44. The third-order valence-corrected chi connectivity index (χ3v) is 8.35. The van der Waals surface area contributed by atoms with Gasteiger partial charge in [0.05, 0.1) is 5.69 Å². The topological polar surface area (TPSA) is 25.8 Å². The van der Waals surface area contributed by atoms with E-state index in [0.717, 1.165) is 28.2 Å². The maximum atomic E-state index is 4.86. The van der Waals surface area contributed by atoms with Crippen LogP contribution >= 0.6 is 0 Å². The third kappa shape index (κ3) is 4.63. The van der Waals surface area contributed by atoms with Crippen molar-refractivity contribution in [2.45, 2.75) is 0 Å². The minimum atomic E-state index is 0.724. The second-order valence-electron chi connectivity index (χ2n) is 11.0. The van der Waals surface area contributed by atoms with Gasteiger partial charge in [-0.2, -0.15) is 0 Å². The SMILES string of the molecule is c1ccc(-c2ccnc(-c3ccc(-c4ccc5c(-c6ccccc6)c6ccccc6c(-c6ccccc6)c5c4)cc3)n2)cc1. The fourth-order valence-corrected chi connectivity index (χ4v) is 6.27. The molecule has 44 heavy (non-hydrogen) atoms. The van der Waals surface area contributed by atoms with Crippen LogP contribution in [0.25, 0.3) is 77.6 Å². The second-order valence-corrected chi connectivity index (χ2v) is 11.0. The summed E-state index contributed by atoms with van der Waals surface area (Å²) < 4.78 is 0. The molecule has 0 aliphatic rings. The van der Waals surface area contributed by atoms with Gasteiger partial charge in [-0.25, -0.2) is 9.97 Å². The standard InChI is InChI=1S/C42H28N2/c1-4-12-30(13-5-1)39-26-27-43-42(44-39)33-22-20-29(21-23-33)34-24-25-37-38(28-34)41(32-16-8-3-9-17-32)36-19-11-10-18-35(36)40(37)31-14-6-2-7-15-31/h1-28H. The van der Waals surface area contributed by atoms with Crippen molar-refractivity contribution in [3.8, 4) is 56.0 Å². The van der Waals surface area contributed by atoms with E-state index in [2.05, 4.69) is 145 Å². The number of rotatable bonds is 5. The Morgan fingerprint density at radius 3 is 1.41 bits per heavy atom. The van der Waals surface area contributed by atoms with E-state index < -0.39 is 0 Å². The van der Waals surface area contributed by atoms with Gasteiger partial charge in [-0.05, 0) is 67.1 Å². The smallest absolute Gasteiger partial charge is 0.159 e. The van der Waals surface area contributed by atoms with Gasteiger partial charge >= 0.3 is 0 Å². The Morgan fingerprint density at radius 1 is 0.318 bits per heavy atom. The number of hydrogen-bond donors (Lipinski definition) is 0. The fourth-order valence-electron chi connectivity index (χ4n) is 6.27. The van der Waals surface area contributed by atoms with Crippen LogP contribution in [0, 0.1) is 0 Å². The molecule has 1 aromatic heterocycles. The first kappa shape index (κ1) is 25.8. The molecular formula is C42H28N2. The van der Waals surface area contributed by atoms with Gasteiger partial charge in [-0.15, -0.1) is 0 Å². The Balaban J connectivity index is 1.29. The van der Waals surface area contributed by atoms with Gasteiger partial charge in [0.25, 0.3) is 0 Å². The average Bonchev–Trinajstić information content (AvgIpc) is 3.11. The summed E-state index contributed by atoms with van der Waals surface area (Å²) in [6, 6.07) is 58.0. The molecule has 0 amide bonds. The maximum absolute atomic E-state index is 4.86. The van der Waals surface area contributed by atoms with Gasteiger partial charge in [0.2, 0.25) is 0 Å². The highest BCUT2D eigenvalue weighted by Crippen LogP contribution is 2.44. The van der Waals surface area contributed by atoms with Gasteiger partial charge < -0.3 is 0 Å². The lowest BCUT2D eigenvalue weighted by atomic mass is 9.85. The first-order valence-corrected chi connectivity index (χ1v) is 14.9. The number of nitrogens with zero attached hydrogens (tertiary/aromatic N) is 2. The molecule has 1 heterocycles. The van der Waals surface area contributed by atoms with E-state index in [1.807, 2.05) is 30.5 Å². The minimum absolute atomic E-state index is 0.724. The second kappa shape index (κ2) is 11.1. The molecule has 2 nitrogen and oxygen atoms in total. The largest absolute Gasteiger partial charge is 0.237 e. The van der Waals surface area contributed by atoms with Crippen molar-refractivity contribution in [3.05, 3.63) is 170 Å². The normalized spacial score (nSPS) is 11.2. The number of aromatic nitrogens is 2. The summed E-state index contributed by atoms with van der Waals surface area (Å²) in [5.74, 6) is 0.724. The molecule has 0 fully saturated rings. The molecule has 0 N–H and O–H groups in total. The van der Waals surface area contributed by atoms with Crippen LogP contribution in [0.3, 0.4) is 0 Å². The van der Waals surface area contributed by atoms with Crippen molar-refractivity contribution in [1.82, 2.24) is 9.97 Å². The van der Waals surface area contributed by atoms with Gasteiger partial charge in [0.15, 0.2) is 5.82 Å². The summed E-state index contributed by atoms with van der Waals surface area (Å²) in [6.07, 6.45) is 1.83. The maximum Gasteiger partial charge on any atom is 0.159 e. The Kier molecular flexibility index (Phi) is 6.51. The molecular weight excluding hydrogens is 532 g/mol. The quantitative estimate of drug-likeness (QED) is 0.196. The molecule has 0 aliphatic carbocycles. The lowest BCUT2D eigenvalue weighted by Gasteiger charge is -2.18. The van der Waals surface area contributed by atoms with Crippen LogP contribution in [-0.4, -0.2) is 9.97 Å². The summed E-state index contributed by atoms with van der Waals surface area (Å²) in [7, 11) is 0. The zero-order valence-corrected chi connectivity index (χ0v) is 24.1. The predicted molar refractivity (Wildman–Crippen MR) is 184 cm³/mol. The van der Waals surface area contributed by atoms with Crippen molar-refractivity contribution in [2.75, 3.05) is 0 Å². The highest BCUT2D eigenvalue weighted by atomic mass is 14.9. The molecule has 0 atom stereocenters. The molecule has 8 rings (SSSR count). The van der Waals surface area contributed by atoms with E-state index in [1.165, 1.54) is 49.4 Å². The average molecular weight is 561 g/mol. The number of fused-ring (bicyclic) bond motifs is 2. The van der Waals surface area contributed by atoms with Gasteiger partial charge in [-0.1, -0.05) is 152 Å². The zero-order chi connectivity index (χ0) is 29.3. The van der Waals surface area contributed by atoms with Crippen LogP contribution in [0.2, 0.25) is 0 Å².